The van der Waals surface area contributed by atoms with Crippen LogP contribution in [0.3, 0.4) is 0 Å². The molecule has 1 aromatic carbocycles. The van der Waals surface area contributed by atoms with E-state index in [1.165, 1.54) is 57.8 Å². The van der Waals surface area contributed by atoms with Gasteiger partial charge in [-0.2, -0.15) is 0 Å². The lowest BCUT2D eigenvalue weighted by atomic mass is 10.00. The lowest BCUT2D eigenvalue weighted by Crippen LogP contribution is -2.49. The normalized spacial score (nSPS) is 26.2. The summed E-state index contributed by atoms with van der Waals surface area (Å²) in [4.78, 5) is 0. The highest BCUT2D eigenvalue weighted by Crippen LogP contribution is 2.40. The molecule has 0 aliphatic carbocycles. The van der Waals surface area contributed by atoms with Crippen LogP contribution in [-0.2, 0) is 25.6 Å². The van der Waals surface area contributed by atoms with Crippen molar-refractivity contribution < 1.29 is 24.1 Å². The van der Waals surface area contributed by atoms with Crippen molar-refractivity contribution in [2.75, 3.05) is 13.2 Å². The Morgan fingerprint density at radius 2 is 1.60 bits per heavy atom. The molecule has 4 unspecified atom stereocenters. The first-order valence-corrected chi connectivity index (χ1v) is 14.0. The Morgan fingerprint density at radius 3 is 2.26 bits per heavy atom. The van der Waals surface area contributed by atoms with Crippen molar-refractivity contribution in [1.29, 1.82) is 0 Å². The third kappa shape index (κ3) is 9.42. The lowest BCUT2D eigenvalue weighted by molar-refractivity contribution is -0.222. The molecule has 2 aliphatic heterocycles. The number of aliphatic hydroxyl groups excluding tert-OH is 1. The van der Waals surface area contributed by atoms with Gasteiger partial charge in [0.1, 0.15) is 18.3 Å². The van der Waals surface area contributed by atoms with Crippen LogP contribution in [-0.4, -0.2) is 54.7 Å². The number of ether oxygens (including phenoxy) is 4. The fourth-order valence-corrected chi connectivity index (χ4v) is 5.21. The van der Waals surface area contributed by atoms with Gasteiger partial charge in [0.05, 0.1) is 6.61 Å². The van der Waals surface area contributed by atoms with Crippen molar-refractivity contribution in [3.05, 3.63) is 35.9 Å². The Labute approximate surface area is 213 Å². The molecular weight excluding hydrogens is 442 g/mol. The minimum Gasteiger partial charge on any atom is -0.396 e. The number of nitrogens with one attached hydrogen (secondary N) is 1. The molecule has 0 radical (unpaired) electrons. The fourth-order valence-electron chi connectivity index (χ4n) is 5.21. The van der Waals surface area contributed by atoms with E-state index in [-0.39, 0.29) is 31.0 Å². The summed E-state index contributed by atoms with van der Waals surface area (Å²) < 4.78 is 24.9. The predicted octanol–water partition coefficient (Wildman–Crippen LogP) is 5.71. The van der Waals surface area contributed by atoms with Crippen LogP contribution >= 0.6 is 0 Å². The zero-order valence-corrected chi connectivity index (χ0v) is 22.3. The van der Waals surface area contributed by atoms with E-state index < -0.39 is 12.1 Å². The van der Waals surface area contributed by atoms with Crippen LogP contribution in [0.25, 0.3) is 0 Å². The zero-order chi connectivity index (χ0) is 24.9. The molecule has 3 rings (SSSR count). The van der Waals surface area contributed by atoms with Gasteiger partial charge in [-0.1, -0.05) is 95.0 Å². The van der Waals surface area contributed by atoms with E-state index in [0.29, 0.717) is 13.0 Å². The predicted molar refractivity (Wildman–Crippen MR) is 139 cm³/mol. The van der Waals surface area contributed by atoms with Gasteiger partial charge in [-0.25, -0.2) is 0 Å². The maximum absolute atomic E-state index is 9.76. The topological polar surface area (TPSA) is 69.2 Å². The maximum Gasteiger partial charge on any atom is 0.190 e. The molecule has 2 heterocycles. The molecule has 1 aromatic rings. The largest absolute Gasteiger partial charge is 0.396 e. The number of hydrogen-bond donors (Lipinski definition) is 2. The number of aliphatic hydroxyl groups is 1. The molecule has 5 atom stereocenters. The third-order valence-electron chi connectivity index (χ3n) is 7.09. The summed E-state index contributed by atoms with van der Waals surface area (Å²) in [6.07, 6.45) is 12.6. The molecular formula is C29H49NO5. The number of unbranched alkanes of at least 4 members (excludes halogenated alkanes) is 9. The number of hydrogen-bond acceptors (Lipinski definition) is 6. The Balaban J connectivity index is 1.45. The van der Waals surface area contributed by atoms with Gasteiger partial charge in [0.2, 0.25) is 0 Å². The van der Waals surface area contributed by atoms with Crippen molar-refractivity contribution in [1.82, 2.24) is 5.32 Å². The lowest BCUT2D eigenvalue weighted by Gasteiger charge is -2.31. The van der Waals surface area contributed by atoms with E-state index in [9.17, 15) is 5.11 Å². The van der Waals surface area contributed by atoms with E-state index in [1.54, 1.807) is 0 Å². The highest BCUT2D eigenvalue weighted by Gasteiger charge is 2.56. The number of fused-ring (bicyclic) bond motifs is 1. The summed E-state index contributed by atoms with van der Waals surface area (Å²) in [6.45, 7) is 7.59. The van der Waals surface area contributed by atoms with Crippen molar-refractivity contribution in [2.45, 2.75) is 134 Å². The van der Waals surface area contributed by atoms with Crippen LogP contribution < -0.4 is 5.32 Å². The van der Waals surface area contributed by atoms with Gasteiger partial charge in [0.25, 0.3) is 0 Å². The monoisotopic (exact) mass is 491 g/mol. The van der Waals surface area contributed by atoms with Crippen LogP contribution in [0.2, 0.25) is 0 Å². The summed E-state index contributed by atoms with van der Waals surface area (Å²) in [6, 6.07) is 10.2. The smallest absolute Gasteiger partial charge is 0.190 e. The van der Waals surface area contributed by atoms with E-state index >= 15 is 0 Å². The Kier molecular flexibility index (Phi) is 12.5. The first-order chi connectivity index (χ1) is 17.0. The van der Waals surface area contributed by atoms with Gasteiger partial charge < -0.3 is 29.4 Å². The van der Waals surface area contributed by atoms with Crippen LogP contribution in [0.15, 0.2) is 30.3 Å². The van der Waals surface area contributed by atoms with E-state index in [2.05, 4.69) is 24.4 Å². The SMILES string of the molecule is CCCCCCCCCCCCNC(CCO)C1OC2OC(C)(C)OC2[C@@H]1OCc1ccccc1. The molecule has 2 N–H and O–H groups in total. The molecule has 2 fully saturated rings. The Hall–Kier alpha value is -1.02. The summed E-state index contributed by atoms with van der Waals surface area (Å²) in [5, 5.41) is 13.4. The first-order valence-electron chi connectivity index (χ1n) is 14.0. The summed E-state index contributed by atoms with van der Waals surface area (Å²) >= 11 is 0. The molecule has 200 valence electrons. The molecule has 2 saturated heterocycles. The minimum atomic E-state index is -0.690. The fraction of sp³-hybridized carbons (Fsp3) is 0.793. The van der Waals surface area contributed by atoms with Crippen LogP contribution in [0.5, 0.6) is 0 Å². The second-order valence-electron chi connectivity index (χ2n) is 10.6. The van der Waals surface area contributed by atoms with Gasteiger partial charge in [0.15, 0.2) is 12.1 Å². The average molecular weight is 492 g/mol. The zero-order valence-electron chi connectivity index (χ0n) is 22.3. The van der Waals surface area contributed by atoms with Crippen LogP contribution in [0.4, 0.5) is 0 Å². The molecule has 6 nitrogen and oxygen atoms in total. The highest BCUT2D eigenvalue weighted by atomic mass is 16.8. The van der Waals surface area contributed by atoms with Gasteiger partial charge >= 0.3 is 0 Å². The third-order valence-corrected chi connectivity index (χ3v) is 7.09. The molecule has 0 saturated carbocycles. The van der Waals surface area contributed by atoms with Crippen LogP contribution in [0, 0.1) is 0 Å². The standard InChI is InChI=1S/C29H49NO5/c1-4-5-6-7-8-9-10-11-12-16-20-30-24(19-21-31)25-26(32-22-23-17-14-13-15-18-23)27-28(33-25)35-29(2,3)34-27/h13-15,17-18,24-28,30-31H,4-12,16,19-22H2,1-3H3/t24?,25?,26-,27?,28?/m1/s1. The van der Waals surface area contributed by atoms with Gasteiger partial charge in [-0.3, -0.25) is 0 Å². The van der Waals surface area contributed by atoms with E-state index in [1.807, 2.05) is 32.0 Å². The van der Waals surface area contributed by atoms with Gasteiger partial charge in [-0.05, 0) is 38.8 Å². The molecule has 0 aromatic heterocycles. The molecule has 0 bridgehead atoms. The molecule has 35 heavy (non-hydrogen) atoms. The molecule has 0 spiro atoms. The Morgan fingerprint density at radius 1 is 0.943 bits per heavy atom. The number of rotatable bonds is 18. The molecule has 6 heteroatoms. The Bertz CT molecular complexity index is 685. The second-order valence-corrected chi connectivity index (χ2v) is 10.6. The summed E-state index contributed by atoms with van der Waals surface area (Å²) in [5.41, 5.74) is 1.12. The number of benzene rings is 1. The van der Waals surface area contributed by atoms with Crippen molar-refractivity contribution in [3.63, 3.8) is 0 Å². The van der Waals surface area contributed by atoms with Gasteiger partial charge in [0, 0.05) is 12.6 Å². The van der Waals surface area contributed by atoms with Crippen molar-refractivity contribution in [2.24, 2.45) is 0 Å². The average Bonchev–Trinajstić information content (AvgIpc) is 3.32. The van der Waals surface area contributed by atoms with Crippen molar-refractivity contribution >= 4 is 0 Å². The quantitative estimate of drug-likeness (QED) is 0.256. The summed E-state index contributed by atoms with van der Waals surface area (Å²) in [5.74, 6) is -0.690. The molecule has 0 amide bonds. The second kappa shape index (κ2) is 15.3. The summed E-state index contributed by atoms with van der Waals surface area (Å²) in [7, 11) is 0. The molecule has 2 aliphatic rings. The first kappa shape index (κ1) is 28.5. The van der Waals surface area contributed by atoms with Crippen LogP contribution in [0.1, 0.15) is 97.0 Å². The van der Waals surface area contributed by atoms with Crippen molar-refractivity contribution in [3.8, 4) is 0 Å². The van der Waals surface area contributed by atoms with Gasteiger partial charge in [-0.15, -0.1) is 0 Å². The van der Waals surface area contributed by atoms with E-state index in [0.717, 1.165) is 18.5 Å². The highest BCUT2D eigenvalue weighted by molar-refractivity contribution is 5.13. The van der Waals surface area contributed by atoms with E-state index in [4.69, 9.17) is 18.9 Å². The maximum atomic E-state index is 9.76. The minimum absolute atomic E-state index is 0.0137.